The highest BCUT2D eigenvalue weighted by Crippen LogP contribution is 2.19. The van der Waals surface area contributed by atoms with E-state index in [4.69, 9.17) is 4.74 Å². The molecule has 0 aromatic heterocycles. The molecule has 15 heavy (non-hydrogen) atoms. The maximum atomic E-state index is 10.7. The van der Waals surface area contributed by atoms with Crippen molar-refractivity contribution < 1.29 is 14.5 Å². The predicted molar refractivity (Wildman–Crippen MR) is 53.8 cm³/mol. The molecule has 5 heteroatoms. The van der Waals surface area contributed by atoms with Crippen molar-refractivity contribution in [2.45, 2.75) is 6.92 Å². The maximum Gasteiger partial charge on any atom is 0.308 e. The van der Waals surface area contributed by atoms with E-state index >= 15 is 0 Å². The van der Waals surface area contributed by atoms with Crippen molar-refractivity contribution in [3.63, 3.8) is 0 Å². The van der Waals surface area contributed by atoms with Gasteiger partial charge < -0.3 is 4.74 Å². The van der Waals surface area contributed by atoms with Crippen LogP contribution in [0.1, 0.15) is 12.5 Å². The van der Waals surface area contributed by atoms with E-state index in [1.165, 1.54) is 13.0 Å². The lowest BCUT2D eigenvalue weighted by Crippen LogP contribution is -2.02. The number of hydrogen-bond donors (Lipinski definition) is 0. The Bertz CT molecular complexity index is 412. The van der Waals surface area contributed by atoms with E-state index in [1.54, 1.807) is 24.3 Å². The summed E-state index contributed by atoms with van der Waals surface area (Å²) in [5, 5.41) is 10.1. The molecule has 0 heterocycles. The van der Waals surface area contributed by atoms with Crippen LogP contribution in [0.25, 0.3) is 6.08 Å². The van der Waals surface area contributed by atoms with Crippen LogP contribution in [0.2, 0.25) is 0 Å². The van der Waals surface area contributed by atoms with Crippen molar-refractivity contribution in [3.8, 4) is 5.75 Å². The maximum absolute atomic E-state index is 10.7. The molecule has 0 amide bonds. The van der Waals surface area contributed by atoms with Crippen LogP contribution in [-0.2, 0) is 4.79 Å². The lowest BCUT2D eigenvalue weighted by Gasteiger charge is -2.03. The van der Waals surface area contributed by atoms with Crippen LogP contribution >= 0.6 is 0 Å². The first-order valence-electron chi connectivity index (χ1n) is 4.19. The molecule has 0 fully saturated rings. The molecule has 0 bridgehead atoms. The zero-order valence-corrected chi connectivity index (χ0v) is 8.04. The van der Waals surface area contributed by atoms with Gasteiger partial charge in [0.1, 0.15) is 5.75 Å². The number of nitrogens with zero attached hydrogens (tertiary/aromatic N) is 1. The van der Waals surface area contributed by atoms with Gasteiger partial charge in [0.05, 0.1) is 4.92 Å². The zero-order chi connectivity index (χ0) is 11.3. The van der Waals surface area contributed by atoms with Crippen LogP contribution in [0.3, 0.4) is 0 Å². The second kappa shape index (κ2) is 4.90. The summed E-state index contributed by atoms with van der Waals surface area (Å²) in [5.74, 6) is -0.153. The summed E-state index contributed by atoms with van der Waals surface area (Å²) < 4.78 is 4.86. The molecule has 1 aromatic carbocycles. The van der Waals surface area contributed by atoms with Gasteiger partial charge >= 0.3 is 5.97 Å². The predicted octanol–water partition coefficient (Wildman–Crippen LogP) is 1.86. The number of carbonyl (C=O) groups is 1. The van der Waals surface area contributed by atoms with E-state index < -0.39 is 10.9 Å². The average molecular weight is 207 g/mol. The second-order valence-corrected chi connectivity index (χ2v) is 2.73. The SMILES string of the molecule is CC(=O)Oc1ccccc1/C=C\[N+](=O)[O-]. The van der Waals surface area contributed by atoms with Gasteiger partial charge in [-0.2, -0.15) is 0 Å². The lowest BCUT2D eigenvalue weighted by molar-refractivity contribution is -0.400. The normalized spacial score (nSPS) is 10.2. The minimum atomic E-state index is -0.579. The number of ether oxygens (including phenoxy) is 1. The molecule has 1 rings (SSSR count). The summed E-state index contributed by atoms with van der Waals surface area (Å²) in [6, 6.07) is 6.58. The van der Waals surface area contributed by atoms with Gasteiger partial charge in [0, 0.05) is 18.6 Å². The number of para-hydroxylation sites is 1. The Morgan fingerprint density at radius 2 is 2.13 bits per heavy atom. The molecule has 0 aliphatic rings. The van der Waals surface area contributed by atoms with Crippen molar-refractivity contribution in [2.75, 3.05) is 0 Å². The molecule has 78 valence electrons. The van der Waals surface area contributed by atoms with Gasteiger partial charge in [0.15, 0.2) is 0 Å². The van der Waals surface area contributed by atoms with Crippen molar-refractivity contribution in [2.24, 2.45) is 0 Å². The highest BCUT2D eigenvalue weighted by atomic mass is 16.6. The van der Waals surface area contributed by atoms with Crippen LogP contribution < -0.4 is 4.74 Å². The Balaban J connectivity index is 2.95. The molecule has 0 radical (unpaired) electrons. The molecule has 0 spiro atoms. The molecule has 0 aliphatic heterocycles. The fraction of sp³-hybridized carbons (Fsp3) is 0.100. The van der Waals surface area contributed by atoms with Crippen LogP contribution in [0.5, 0.6) is 5.75 Å². The first-order valence-corrected chi connectivity index (χ1v) is 4.19. The van der Waals surface area contributed by atoms with Gasteiger partial charge in [0.25, 0.3) is 0 Å². The zero-order valence-electron chi connectivity index (χ0n) is 8.04. The summed E-state index contributed by atoms with van der Waals surface area (Å²) in [4.78, 5) is 20.3. The van der Waals surface area contributed by atoms with Crippen molar-refractivity contribution in [3.05, 3.63) is 46.1 Å². The third-order valence-electron chi connectivity index (χ3n) is 1.55. The van der Waals surface area contributed by atoms with E-state index in [-0.39, 0.29) is 0 Å². The minimum absolute atomic E-state index is 0.308. The molecule has 0 unspecified atom stereocenters. The van der Waals surface area contributed by atoms with E-state index in [9.17, 15) is 14.9 Å². The van der Waals surface area contributed by atoms with Gasteiger partial charge in [-0.1, -0.05) is 18.2 Å². The number of benzene rings is 1. The molecule has 0 N–H and O–H groups in total. The monoisotopic (exact) mass is 207 g/mol. The van der Waals surface area contributed by atoms with E-state index in [1.807, 2.05) is 0 Å². The molecule has 0 aliphatic carbocycles. The Morgan fingerprint density at radius 1 is 1.47 bits per heavy atom. The molecule has 0 saturated carbocycles. The fourth-order valence-corrected chi connectivity index (χ4v) is 1.01. The molecule has 0 atom stereocenters. The largest absolute Gasteiger partial charge is 0.426 e. The Labute approximate surface area is 86.1 Å². The quantitative estimate of drug-likeness (QED) is 0.328. The second-order valence-electron chi connectivity index (χ2n) is 2.73. The molecular weight excluding hydrogens is 198 g/mol. The Kier molecular flexibility index (Phi) is 3.56. The van der Waals surface area contributed by atoms with Crippen LogP contribution in [0, 0.1) is 10.1 Å². The number of carbonyl (C=O) groups excluding carboxylic acids is 1. The van der Waals surface area contributed by atoms with E-state index in [2.05, 4.69) is 0 Å². The number of hydrogen-bond acceptors (Lipinski definition) is 4. The van der Waals surface area contributed by atoms with Crippen LogP contribution in [-0.4, -0.2) is 10.9 Å². The molecular formula is C10H9NO4. The fourth-order valence-electron chi connectivity index (χ4n) is 1.01. The van der Waals surface area contributed by atoms with Crippen molar-refractivity contribution in [1.82, 2.24) is 0 Å². The summed E-state index contributed by atoms with van der Waals surface area (Å²) in [6.45, 7) is 1.27. The van der Waals surface area contributed by atoms with Crippen LogP contribution in [0.4, 0.5) is 0 Å². The third kappa shape index (κ3) is 3.60. The van der Waals surface area contributed by atoms with Crippen LogP contribution in [0.15, 0.2) is 30.5 Å². The molecule has 1 aromatic rings. The van der Waals surface area contributed by atoms with Gasteiger partial charge in [0.2, 0.25) is 6.20 Å². The number of nitro groups is 1. The number of esters is 1. The highest BCUT2D eigenvalue weighted by molar-refractivity contribution is 5.71. The first kappa shape index (κ1) is 10.9. The first-order chi connectivity index (χ1) is 7.09. The number of rotatable bonds is 3. The van der Waals surface area contributed by atoms with Crippen molar-refractivity contribution >= 4 is 12.0 Å². The highest BCUT2D eigenvalue weighted by Gasteiger charge is 2.03. The standard InChI is InChI=1S/C10H9NO4/c1-8(12)15-10-5-3-2-4-9(10)6-7-11(13)14/h2-7H,1H3/b7-6-. The average Bonchev–Trinajstić information content (AvgIpc) is 2.15. The van der Waals surface area contributed by atoms with Crippen molar-refractivity contribution in [1.29, 1.82) is 0 Å². The molecule has 5 nitrogen and oxygen atoms in total. The summed E-state index contributed by atoms with van der Waals surface area (Å²) in [7, 11) is 0. The smallest absolute Gasteiger partial charge is 0.308 e. The van der Waals surface area contributed by atoms with Gasteiger partial charge in [-0.15, -0.1) is 0 Å². The van der Waals surface area contributed by atoms with E-state index in [0.717, 1.165) is 6.20 Å². The lowest BCUT2D eigenvalue weighted by atomic mass is 10.2. The Morgan fingerprint density at radius 3 is 2.73 bits per heavy atom. The third-order valence-corrected chi connectivity index (χ3v) is 1.55. The Hall–Kier alpha value is -2.17. The van der Waals surface area contributed by atoms with Gasteiger partial charge in [-0.3, -0.25) is 14.9 Å². The van der Waals surface area contributed by atoms with Gasteiger partial charge in [-0.25, -0.2) is 0 Å². The van der Waals surface area contributed by atoms with Gasteiger partial charge in [-0.05, 0) is 6.07 Å². The summed E-state index contributed by atoms with van der Waals surface area (Å²) in [6.07, 6.45) is 2.07. The molecule has 0 saturated heterocycles. The summed E-state index contributed by atoms with van der Waals surface area (Å²) >= 11 is 0. The summed E-state index contributed by atoms with van der Waals surface area (Å²) in [5.41, 5.74) is 0.490. The van der Waals surface area contributed by atoms with E-state index in [0.29, 0.717) is 11.3 Å². The minimum Gasteiger partial charge on any atom is -0.426 e. The topological polar surface area (TPSA) is 69.4 Å².